The number of ether oxygens (including phenoxy) is 1. The molecule has 0 spiro atoms. The van der Waals surface area contributed by atoms with Crippen molar-refractivity contribution in [2.45, 2.75) is 64.6 Å². The molecule has 1 aliphatic heterocycles. The molecule has 0 bridgehead atoms. The van der Waals surface area contributed by atoms with Gasteiger partial charge in [0, 0.05) is 23.2 Å². The largest absolute Gasteiger partial charge is 0.435 e. The number of amides is 1. The Labute approximate surface area is 197 Å². The molecule has 7 nitrogen and oxygen atoms in total. The van der Waals surface area contributed by atoms with E-state index in [9.17, 15) is 26.4 Å². The molecular formula is C23H30F3N3O4S. The molecule has 3 N–H and O–H groups in total. The van der Waals surface area contributed by atoms with E-state index in [0.717, 1.165) is 18.2 Å². The summed E-state index contributed by atoms with van der Waals surface area (Å²) in [5, 5.41) is 14.7. The molecule has 34 heavy (non-hydrogen) atoms. The van der Waals surface area contributed by atoms with Crippen molar-refractivity contribution in [3.05, 3.63) is 40.8 Å². The number of nitrogens with one attached hydrogen (secondary N) is 3. The lowest BCUT2D eigenvalue weighted by molar-refractivity contribution is -0.126. The van der Waals surface area contributed by atoms with Crippen LogP contribution < -0.4 is 15.4 Å². The van der Waals surface area contributed by atoms with Crippen molar-refractivity contribution in [3.63, 3.8) is 0 Å². The van der Waals surface area contributed by atoms with Crippen LogP contribution in [0.1, 0.15) is 52.0 Å². The molecule has 1 saturated heterocycles. The SMILES string of the molecule is CC(C)NC1=C(C(=N)c2cc(OC(F)F)ccc2F)CC[C@@H](C(=O)N[C@@]2(C)CCS(=O)(=O)C2)C1. The van der Waals surface area contributed by atoms with Crippen molar-refractivity contribution >= 4 is 21.5 Å². The summed E-state index contributed by atoms with van der Waals surface area (Å²) in [4.78, 5) is 13.0. The minimum atomic E-state index is -3.18. The van der Waals surface area contributed by atoms with Crippen molar-refractivity contribution < 1.29 is 31.1 Å². The van der Waals surface area contributed by atoms with E-state index in [4.69, 9.17) is 5.41 Å². The Morgan fingerprint density at radius 2 is 2.00 bits per heavy atom. The van der Waals surface area contributed by atoms with Crippen LogP contribution in [0.5, 0.6) is 5.75 Å². The molecular weight excluding hydrogens is 471 g/mol. The lowest BCUT2D eigenvalue weighted by atomic mass is 9.82. The molecule has 1 amide bonds. The van der Waals surface area contributed by atoms with Gasteiger partial charge in [0.05, 0.1) is 22.8 Å². The third-order valence-corrected chi connectivity index (χ3v) is 7.96. The van der Waals surface area contributed by atoms with E-state index in [2.05, 4.69) is 15.4 Å². The van der Waals surface area contributed by atoms with Gasteiger partial charge in [-0.25, -0.2) is 12.8 Å². The van der Waals surface area contributed by atoms with Gasteiger partial charge in [0.25, 0.3) is 0 Å². The molecule has 1 fully saturated rings. The van der Waals surface area contributed by atoms with Crippen molar-refractivity contribution in [2.24, 2.45) is 5.92 Å². The van der Waals surface area contributed by atoms with Gasteiger partial charge in [-0.1, -0.05) is 0 Å². The third-order valence-electron chi connectivity index (χ3n) is 6.05. The minimum absolute atomic E-state index is 0.0320. The number of hydrogen-bond donors (Lipinski definition) is 3. The normalized spacial score (nSPS) is 24.4. The van der Waals surface area contributed by atoms with Crippen LogP contribution >= 0.6 is 0 Å². The Bertz CT molecular complexity index is 1100. The van der Waals surface area contributed by atoms with Crippen LogP contribution in [0.25, 0.3) is 0 Å². The van der Waals surface area contributed by atoms with Crippen LogP contribution in [-0.2, 0) is 14.6 Å². The van der Waals surface area contributed by atoms with Gasteiger partial charge in [-0.15, -0.1) is 0 Å². The van der Waals surface area contributed by atoms with Crippen LogP contribution in [0.2, 0.25) is 0 Å². The first-order valence-electron chi connectivity index (χ1n) is 11.1. The average Bonchev–Trinajstić information content (AvgIpc) is 3.00. The lowest BCUT2D eigenvalue weighted by Gasteiger charge is -2.32. The Morgan fingerprint density at radius 1 is 1.29 bits per heavy atom. The number of benzene rings is 1. The van der Waals surface area contributed by atoms with Crippen LogP contribution in [-0.4, -0.2) is 49.7 Å². The van der Waals surface area contributed by atoms with Gasteiger partial charge < -0.3 is 15.4 Å². The zero-order valence-electron chi connectivity index (χ0n) is 19.4. The number of alkyl halides is 2. The molecule has 188 valence electrons. The first kappa shape index (κ1) is 26.1. The topological polar surface area (TPSA) is 108 Å². The number of rotatable bonds is 8. The van der Waals surface area contributed by atoms with Gasteiger partial charge in [0.15, 0.2) is 9.84 Å². The molecule has 2 aliphatic rings. The Balaban J connectivity index is 1.83. The maximum atomic E-state index is 14.5. The highest BCUT2D eigenvalue weighted by Crippen LogP contribution is 2.33. The Hall–Kier alpha value is -2.56. The lowest BCUT2D eigenvalue weighted by Crippen LogP contribution is -2.50. The molecule has 0 saturated carbocycles. The maximum absolute atomic E-state index is 14.5. The third kappa shape index (κ3) is 6.31. The molecule has 1 aliphatic carbocycles. The van der Waals surface area contributed by atoms with Crippen LogP contribution in [0.3, 0.4) is 0 Å². The molecule has 2 atom stereocenters. The van der Waals surface area contributed by atoms with E-state index >= 15 is 0 Å². The van der Waals surface area contributed by atoms with E-state index < -0.39 is 33.7 Å². The zero-order valence-corrected chi connectivity index (χ0v) is 20.2. The first-order valence-corrected chi connectivity index (χ1v) is 13.0. The Kier molecular flexibility index (Phi) is 7.64. The number of sulfone groups is 1. The summed E-state index contributed by atoms with van der Waals surface area (Å²) in [5.74, 6) is -1.75. The molecule has 0 unspecified atom stereocenters. The molecule has 1 aromatic carbocycles. The summed E-state index contributed by atoms with van der Waals surface area (Å²) in [6.45, 7) is 2.43. The van der Waals surface area contributed by atoms with E-state index in [1.165, 1.54) is 0 Å². The highest BCUT2D eigenvalue weighted by atomic mass is 32.2. The average molecular weight is 502 g/mol. The maximum Gasteiger partial charge on any atom is 0.387 e. The van der Waals surface area contributed by atoms with Gasteiger partial charge in [-0.05, 0) is 70.2 Å². The van der Waals surface area contributed by atoms with E-state index in [0.29, 0.717) is 30.5 Å². The van der Waals surface area contributed by atoms with Crippen LogP contribution in [0, 0.1) is 17.1 Å². The summed E-state index contributed by atoms with van der Waals surface area (Å²) < 4.78 is 67.8. The predicted molar refractivity (Wildman–Crippen MR) is 122 cm³/mol. The summed E-state index contributed by atoms with van der Waals surface area (Å²) in [6, 6.07) is 3.10. The fourth-order valence-corrected chi connectivity index (χ4v) is 6.57. The second-order valence-corrected chi connectivity index (χ2v) is 11.7. The van der Waals surface area contributed by atoms with Gasteiger partial charge in [0.1, 0.15) is 11.6 Å². The fourth-order valence-electron chi connectivity index (χ4n) is 4.48. The van der Waals surface area contributed by atoms with Crippen molar-refractivity contribution in [1.82, 2.24) is 10.6 Å². The van der Waals surface area contributed by atoms with Gasteiger partial charge in [0.2, 0.25) is 5.91 Å². The van der Waals surface area contributed by atoms with Gasteiger partial charge in [-0.3, -0.25) is 10.2 Å². The summed E-state index contributed by atoms with van der Waals surface area (Å²) in [5.41, 5.74) is -0.0291. The molecule has 1 aromatic rings. The van der Waals surface area contributed by atoms with Crippen molar-refractivity contribution in [2.75, 3.05) is 11.5 Å². The molecule has 0 aromatic heterocycles. The van der Waals surface area contributed by atoms with Gasteiger partial charge in [-0.2, -0.15) is 8.78 Å². The number of carbonyl (C=O) groups excluding carboxylic acids is 1. The zero-order chi connectivity index (χ0) is 25.3. The summed E-state index contributed by atoms with van der Waals surface area (Å²) >= 11 is 0. The minimum Gasteiger partial charge on any atom is -0.435 e. The standard InChI is InChI=1S/C23H30F3N3O4S/c1-13(2)28-19-10-14(21(30)29-23(3)8-9-34(31,32)12-23)4-6-16(19)20(27)17-11-15(33-22(25)26)5-7-18(17)24/h5,7,11,13-14,22,27-28H,4,6,8-10,12H2,1-3H3,(H,29,30)/t14-,23+/m1/s1. The highest BCUT2D eigenvalue weighted by Gasteiger charge is 2.41. The molecule has 1 heterocycles. The van der Waals surface area contributed by atoms with Gasteiger partial charge >= 0.3 is 6.61 Å². The first-order chi connectivity index (χ1) is 15.8. The molecule has 0 radical (unpaired) electrons. The van der Waals surface area contributed by atoms with E-state index in [1.54, 1.807) is 6.92 Å². The second kappa shape index (κ2) is 9.97. The van der Waals surface area contributed by atoms with E-state index in [1.807, 2.05) is 13.8 Å². The summed E-state index contributed by atoms with van der Waals surface area (Å²) in [7, 11) is -3.18. The quantitative estimate of drug-likeness (QED) is 0.472. The van der Waals surface area contributed by atoms with Crippen molar-refractivity contribution in [1.29, 1.82) is 5.41 Å². The Morgan fingerprint density at radius 3 is 2.59 bits per heavy atom. The molecule has 11 heteroatoms. The smallest absolute Gasteiger partial charge is 0.387 e. The van der Waals surface area contributed by atoms with Crippen LogP contribution in [0.15, 0.2) is 29.5 Å². The van der Waals surface area contributed by atoms with E-state index in [-0.39, 0.29) is 46.9 Å². The highest BCUT2D eigenvalue weighted by molar-refractivity contribution is 7.91. The number of allylic oxidation sites excluding steroid dienone is 2. The number of hydrogen-bond acceptors (Lipinski definition) is 6. The molecule has 3 rings (SSSR count). The summed E-state index contributed by atoms with van der Waals surface area (Å²) in [6.07, 6.45) is 1.29. The monoisotopic (exact) mass is 501 g/mol. The fraction of sp³-hybridized carbons (Fsp3) is 0.565. The second-order valence-electron chi connectivity index (χ2n) is 9.48. The van der Waals surface area contributed by atoms with Crippen molar-refractivity contribution in [3.8, 4) is 5.75 Å². The van der Waals surface area contributed by atoms with Crippen LogP contribution in [0.4, 0.5) is 13.2 Å². The predicted octanol–water partition coefficient (Wildman–Crippen LogP) is 3.54. The number of halogens is 3. The number of carbonyl (C=O) groups is 1.